The maximum absolute atomic E-state index is 13.0. The van der Waals surface area contributed by atoms with E-state index in [0.29, 0.717) is 22.4 Å². The van der Waals surface area contributed by atoms with Crippen molar-refractivity contribution in [3.05, 3.63) is 41.5 Å². The number of anilines is 1. The number of rotatable bonds is 10. The summed E-state index contributed by atoms with van der Waals surface area (Å²) in [7, 11) is 2.07. The first-order chi connectivity index (χ1) is 14.3. The molecule has 0 bridgehead atoms. The minimum Gasteiger partial charge on any atom is -0.465 e. The Balaban J connectivity index is 1.67. The zero-order chi connectivity index (χ0) is 21.9. The molecule has 1 aromatic rings. The first-order valence-corrected chi connectivity index (χ1v) is 11.0. The predicted octanol–water partition coefficient (Wildman–Crippen LogP) is 4.22. The molecule has 1 saturated heterocycles. The van der Waals surface area contributed by atoms with Crippen molar-refractivity contribution in [1.82, 2.24) is 14.8 Å². The van der Waals surface area contributed by atoms with Crippen molar-refractivity contribution in [2.24, 2.45) is 5.41 Å². The van der Waals surface area contributed by atoms with Gasteiger partial charge < -0.3 is 15.3 Å². The van der Waals surface area contributed by atoms with Crippen LogP contribution in [0.25, 0.3) is 6.08 Å². The normalized spacial score (nSPS) is 24.4. The van der Waals surface area contributed by atoms with Crippen molar-refractivity contribution >= 4 is 39.8 Å². The number of pyridine rings is 1. The van der Waals surface area contributed by atoms with Crippen LogP contribution < -0.4 is 5.32 Å². The highest BCUT2D eigenvalue weighted by molar-refractivity contribution is 9.10. The standard InChI is InChI=1S/C22H29BrN4O3/c1-4-6-7-8-11-26(3)14-22-12-16(27(21(29)30)17(22)13-22)20(28)25-19-15(5-2)9-10-18(23)24-19/h4-5,9-10,16-17H,1-2,6-8,11-14H2,3H3,(H,29,30)(H,24,25,28)/t16-,17+,22-/m0/s1. The summed E-state index contributed by atoms with van der Waals surface area (Å²) in [6.07, 6.45) is 7.03. The molecule has 0 radical (unpaired) electrons. The fourth-order valence-corrected chi connectivity index (χ4v) is 4.87. The van der Waals surface area contributed by atoms with Crippen LogP contribution in [0, 0.1) is 5.41 Å². The molecule has 1 aliphatic carbocycles. The Morgan fingerprint density at radius 1 is 1.40 bits per heavy atom. The number of amides is 2. The minimum atomic E-state index is -1.04. The minimum absolute atomic E-state index is 0.101. The monoisotopic (exact) mass is 476 g/mol. The number of aromatic nitrogens is 1. The molecule has 0 unspecified atom stereocenters. The van der Waals surface area contributed by atoms with Gasteiger partial charge in [-0.05, 0) is 73.8 Å². The molecule has 1 aliphatic heterocycles. The lowest BCUT2D eigenvalue weighted by molar-refractivity contribution is -0.120. The quantitative estimate of drug-likeness (QED) is 0.299. The summed E-state index contributed by atoms with van der Waals surface area (Å²) < 4.78 is 0.585. The van der Waals surface area contributed by atoms with Crippen LogP contribution >= 0.6 is 15.9 Å². The second kappa shape index (κ2) is 9.31. The molecule has 0 aromatic carbocycles. The van der Waals surface area contributed by atoms with E-state index in [0.717, 1.165) is 38.8 Å². The number of carbonyl (C=O) groups excluding carboxylic acids is 1. The van der Waals surface area contributed by atoms with E-state index in [9.17, 15) is 14.7 Å². The topological polar surface area (TPSA) is 85.8 Å². The number of likely N-dealkylation sites (tertiary alicyclic amines) is 1. The number of unbranched alkanes of at least 4 members (excludes halogenated alkanes) is 2. The third-order valence-corrected chi connectivity index (χ3v) is 6.52. The third-order valence-electron chi connectivity index (χ3n) is 6.08. The number of nitrogens with zero attached hydrogens (tertiary/aromatic N) is 3. The predicted molar refractivity (Wildman–Crippen MR) is 121 cm³/mol. The van der Waals surface area contributed by atoms with Gasteiger partial charge in [-0.1, -0.05) is 18.7 Å². The summed E-state index contributed by atoms with van der Waals surface area (Å²) in [6.45, 7) is 9.25. The van der Waals surface area contributed by atoms with Crippen molar-refractivity contribution in [1.29, 1.82) is 0 Å². The van der Waals surface area contributed by atoms with Gasteiger partial charge in [0.25, 0.3) is 0 Å². The van der Waals surface area contributed by atoms with Crippen LogP contribution in [0.2, 0.25) is 0 Å². The molecule has 1 saturated carbocycles. The van der Waals surface area contributed by atoms with E-state index in [1.165, 1.54) is 4.90 Å². The number of hydrogen-bond acceptors (Lipinski definition) is 4. The average molecular weight is 477 g/mol. The van der Waals surface area contributed by atoms with Crippen LogP contribution in [0.15, 0.2) is 36.0 Å². The molecule has 3 rings (SSSR count). The zero-order valence-electron chi connectivity index (χ0n) is 17.3. The molecule has 2 N–H and O–H groups in total. The second-order valence-corrected chi connectivity index (χ2v) is 9.09. The van der Waals surface area contributed by atoms with Gasteiger partial charge in [0, 0.05) is 23.6 Å². The van der Waals surface area contributed by atoms with Gasteiger partial charge in [0.2, 0.25) is 5.91 Å². The van der Waals surface area contributed by atoms with Gasteiger partial charge in [0.15, 0.2) is 0 Å². The Kier molecular flexibility index (Phi) is 6.98. The van der Waals surface area contributed by atoms with Crippen molar-refractivity contribution in [2.75, 3.05) is 25.5 Å². The lowest BCUT2D eigenvalue weighted by atomic mass is 9.98. The fraction of sp³-hybridized carbons (Fsp3) is 0.500. The van der Waals surface area contributed by atoms with Crippen molar-refractivity contribution in [3.63, 3.8) is 0 Å². The Morgan fingerprint density at radius 2 is 2.17 bits per heavy atom. The number of nitrogens with one attached hydrogen (secondary N) is 1. The molecule has 2 fully saturated rings. The van der Waals surface area contributed by atoms with E-state index < -0.39 is 12.1 Å². The van der Waals surface area contributed by atoms with E-state index in [1.807, 2.05) is 6.08 Å². The van der Waals surface area contributed by atoms with E-state index in [4.69, 9.17) is 0 Å². The number of fused-ring (bicyclic) bond motifs is 1. The molecular formula is C22H29BrN4O3. The highest BCUT2D eigenvalue weighted by atomic mass is 79.9. The largest absolute Gasteiger partial charge is 0.465 e. The van der Waals surface area contributed by atoms with Crippen LogP contribution in [0.4, 0.5) is 10.6 Å². The molecule has 3 atom stereocenters. The van der Waals surface area contributed by atoms with Crippen LogP contribution in [0.3, 0.4) is 0 Å². The van der Waals surface area contributed by atoms with Gasteiger partial charge >= 0.3 is 6.09 Å². The Morgan fingerprint density at radius 3 is 2.83 bits per heavy atom. The first kappa shape index (κ1) is 22.5. The highest BCUT2D eigenvalue weighted by Gasteiger charge is 2.67. The number of carboxylic acid groups (broad SMARTS) is 1. The van der Waals surface area contributed by atoms with Gasteiger partial charge in [-0.2, -0.15) is 0 Å². The Hall–Kier alpha value is -2.19. The van der Waals surface area contributed by atoms with Crippen LogP contribution in [-0.2, 0) is 4.79 Å². The molecule has 8 heteroatoms. The molecule has 2 aliphatic rings. The average Bonchev–Trinajstić information content (AvgIpc) is 3.27. The molecule has 7 nitrogen and oxygen atoms in total. The van der Waals surface area contributed by atoms with E-state index in [2.05, 4.69) is 51.3 Å². The molecule has 1 aromatic heterocycles. The fourth-order valence-electron chi connectivity index (χ4n) is 4.56. The Bertz CT molecular complexity index is 846. The summed E-state index contributed by atoms with van der Waals surface area (Å²) >= 11 is 3.30. The SMILES string of the molecule is C=CCCCCN(C)C[C@@]12C[C@@H](C(=O)Nc3nc(Br)ccc3C=C)N(C(=O)O)[C@@H]1C2. The summed E-state index contributed by atoms with van der Waals surface area (Å²) in [5.41, 5.74) is 0.546. The van der Waals surface area contributed by atoms with Gasteiger partial charge in [-0.25, -0.2) is 9.78 Å². The Labute approximate surface area is 186 Å². The van der Waals surface area contributed by atoms with E-state index in [1.54, 1.807) is 18.2 Å². The number of carbonyl (C=O) groups is 2. The maximum Gasteiger partial charge on any atom is 0.408 e. The van der Waals surface area contributed by atoms with E-state index in [-0.39, 0.29) is 17.4 Å². The summed E-state index contributed by atoms with van der Waals surface area (Å²) in [5.74, 6) is 0.0370. The van der Waals surface area contributed by atoms with Crippen molar-refractivity contribution in [2.45, 2.75) is 44.2 Å². The smallest absolute Gasteiger partial charge is 0.408 e. The first-order valence-electron chi connectivity index (χ1n) is 10.2. The zero-order valence-corrected chi connectivity index (χ0v) is 18.9. The van der Waals surface area contributed by atoms with Gasteiger partial charge in [-0.3, -0.25) is 9.69 Å². The lowest BCUT2D eigenvalue weighted by Gasteiger charge is -2.24. The summed E-state index contributed by atoms with van der Waals surface area (Å²) in [4.78, 5) is 32.9. The van der Waals surface area contributed by atoms with Crippen molar-refractivity contribution < 1.29 is 14.7 Å². The summed E-state index contributed by atoms with van der Waals surface area (Å²) in [5, 5.41) is 12.6. The van der Waals surface area contributed by atoms with E-state index >= 15 is 0 Å². The summed E-state index contributed by atoms with van der Waals surface area (Å²) in [6, 6.07) is 2.74. The maximum atomic E-state index is 13.0. The highest BCUT2D eigenvalue weighted by Crippen LogP contribution is 2.59. The number of hydrogen-bond donors (Lipinski definition) is 2. The molecule has 162 valence electrons. The van der Waals surface area contributed by atoms with Crippen LogP contribution in [-0.4, -0.2) is 64.1 Å². The number of piperidine rings is 1. The second-order valence-electron chi connectivity index (χ2n) is 8.28. The number of halogens is 1. The third kappa shape index (κ3) is 4.75. The van der Waals surface area contributed by atoms with Gasteiger partial charge in [0.05, 0.1) is 0 Å². The van der Waals surface area contributed by atoms with Crippen LogP contribution in [0.5, 0.6) is 0 Å². The molecule has 2 amide bonds. The molecular weight excluding hydrogens is 448 g/mol. The van der Waals surface area contributed by atoms with Crippen molar-refractivity contribution in [3.8, 4) is 0 Å². The van der Waals surface area contributed by atoms with Gasteiger partial charge in [0.1, 0.15) is 16.5 Å². The number of allylic oxidation sites excluding steroid dienone is 1. The van der Waals surface area contributed by atoms with Gasteiger partial charge in [-0.15, -0.1) is 6.58 Å². The lowest BCUT2D eigenvalue weighted by Crippen LogP contribution is -2.45. The molecule has 0 spiro atoms. The molecule has 30 heavy (non-hydrogen) atoms. The van der Waals surface area contributed by atoms with Crippen LogP contribution in [0.1, 0.15) is 37.7 Å². The molecule has 2 heterocycles.